The number of thioether (sulfide) groups is 1. The molecule has 0 bridgehead atoms. The average molecular weight is 423 g/mol. The SMILES string of the molecule is Cc1ccccc1C(C)NC(=O)CSc1nnc(-c2ccc(C(C)(C)C)cc2)n1C. The molecule has 1 atom stereocenters. The van der Waals surface area contributed by atoms with E-state index in [1.807, 2.05) is 36.7 Å². The van der Waals surface area contributed by atoms with Gasteiger partial charge in [0.2, 0.25) is 5.91 Å². The molecular weight excluding hydrogens is 392 g/mol. The van der Waals surface area contributed by atoms with Gasteiger partial charge < -0.3 is 9.88 Å². The average Bonchev–Trinajstić information content (AvgIpc) is 3.06. The zero-order valence-corrected chi connectivity index (χ0v) is 19.4. The number of carbonyl (C=O) groups excluding carboxylic acids is 1. The normalized spacial score (nSPS) is 12.6. The van der Waals surface area contributed by atoms with Gasteiger partial charge in [-0.05, 0) is 36.0 Å². The zero-order valence-electron chi connectivity index (χ0n) is 18.6. The van der Waals surface area contributed by atoms with Crippen molar-refractivity contribution >= 4 is 17.7 Å². The lowest BCUT2D eigenvalue weighted by atomic mass is 9.87. The standard InChI is InChI=1S/C24H30N4OS/c1-16-9-7-8-10-20(16)17(2)25-21(29)15-30-23-27-26-22(28(23)6)18-11-13-19(14-12-18)24(3,4)5/h7-14,17H,15H2,1-6H3,(H,25,29). The van der Waals surface area contributed by atoms with E-state index < -0.39 is 0 Å². The van der Waals surface area contributed by atoms with Gasteiger partial charge in [-0.1, -0.05) is 81.1 Å². The summed E-state index contributed by atoms with van der Waals surface area (Å²) in [5, 5.41) is 12.4. The van der Waals surface area contributed by atoms with E-state index in [9.17, 15) is 4.79 Å². The molecule has 5 nitrogen and oxygen atoms in total. The molecule has 2 aromatic carbocycles. The first-order valence-corrected chi connectivity index (χ1v) is 11.1. The fourth-order valence-electron chi connectivity index (χ4n) is 3.37. The maximum absolute atomic E-state index is 12.4. The number of aryl methyl sites for hydroxylation is 1. The predicted octanol–water partition coefficient (Wildman–Crippen LogP) is 5.06. The minimum Gasteiger partial charge on any atom is -0.349 e. The van der Waals surface area contributed by atoms with E-state index in [0.29, 0.717) is 5.75 Å². The van der Waals surface area contributed by atoms with Gasteiger partial charge in [0.1, 0.15) is 0 Å². The van der Waals surface area contributed by atoms with E-state index in [2.05, 4.69) is 73.5 Å². The van der Waals surface area contributed by atoms with Crippen molar-refractivity contribution in [2.45, 2.75) is 51.2 Å². The Morgan fingerprint density at radius 2 is 1.77 bits per heavy atom. The van der Waals surface area contributed by atoms with Crippen LogP contribution in [0, 0.1) is 6.92 Å². The molecular formula is C24H30N4OS. The van der Waals surface area contributed by atoms with E-state index in [-0.39, 0.29) is 17.4 Å². The molecule has 3 rings (SSSR count). The second kappa shape index (κ2) is 9.04. The molecule has 0 aliphatic carbocycles. The van der Waals surface area contributed by atoms with Crippen LogP contribution in [-0.2, 0) is 17.3 Å². The third-order valence-corrected chi connectivity index (χ3v) is 6.23. The molecule has 30 heavy (non-hydrogen) atoms. The Labute approximate surface area is 183 Å². The van der Waals surface area contributed by atoms with E-state index in [0.717, 1.165) is 22.1 Å². The molecule has 1 unspecified atom stereocenters. The Balaban J connectivity index is 1.62. The maximum Gasteiger partial charge on any atom is 0.230 e. The molecule has 1 amide bonds. The van der Waals surface area contributed by atoms with Crippen molar-refractivity contribution in [1.82, 2.24) is 20.1 Å². The van der Waals surface area contributed by atoms with Crippen molar-refractivity contribution in [3.8, 4) is 11.4 Å². The van der Waals surface area contributed by atoms with Crippen molar-refractivity contribution in [3.05, 3.63) is 65.2 Å². The molecule has 1 aromatic heterocycles. The van der Waals surface area contributed by atoms with Crippen LogP contribution in [0.4, 0.5) is 0 Å². The van der Waals surface area contributed by atoms with Gasteiger partial charge in [-0.2, -0.15) is 0 Å². The van der Waals surface area contributed by atoms with E-state index in [1.54, 1.807) is 0 Å². The topological polar surface area (TPSA) is 59.8 Å². The molecule has 158 valence electrons. The first-order chi connectivity index (χ1) is 14.2. The lowest BCUT2D eigenvalue weighted by Crippen LogP contribution is -2.28. The Hall–Kier alpha value is -2.60. The Kier molecular flexibility index (Phi) is 6.66. The number of hydrogen-bond acceptors (Lipinski definition) is 4. The van der Waals surface area contributed by atoms with Gasteiger partial charge in [-0.25, -0.2) is 0 Å². The molecule has 0 aliphatic heterocycles. The first kappa shape index (κ1) is 22.1. The first-order valence-electron chi connectivity index (χ1n) is 10.1. The summed E-state index contributed by atoms with van der Waals surface area (Å²) in [7, 11) is 1.93. The Morgan fingerprint density at radius 1 is 1.10 bits per heavy atom. The van der Waals surface area contributed by atoms with Crippen molar-refractivity contribution < 1.29 is 4.79 Å². The van der Waals surface area contributed by atoms with Gasteiger partial charge in [0.05, 0.1) is 11.8 Å². The fourth-order valence-corrected chi connectivity index (χ4v) is 4.10. The third-order valence-electron chi connectivity index (χ3n) is 5.21. The van der Waals surface area contributed by atoms with Crippen LogP contribution in [0.1, 0.15) is 50.4 Å². The smallest absolute Gasteiger partial charge is 0.230 e. The molecule has 0 spiro atoms. The highest BCUT2D eigenvalue weighted by Crippen LogP contribution is 2.27. The number of aromatic nitrogens is 3. The summed E-state index contributed by atoms with van der Waals surface area (Å²) in [5.41, 5.74) is 4.72. The van der Waals surface area contributed by atoms with Crippen LogP contribution in [0.2, 0.25) is 0 Å². The second-order valence-electron chi connectivity index (χ2n) is 8.63. The third kappa shape index (κ3) is 5.11. The van der Waals surface area contributed by atoms with Gasteiger partial charge in [0, 0.05) is 12.6 Å². The van der Waals surface area contributed by atoms with Gasteiger partial charge in [-0.15, -0.1) is 10.2 Å². The fraction of sp³-hybridized carbons (Fsp3) is 0.375. The Morgan fingerprint density at radius 3 is 2.40 bits per heavy atom. The van der Waals surface area contributed by atoms with Gasteiger partial charge >= 0.3 is 0 Å². The van der Waals surface area contributed by atoms with Crippen molar-refractivity contribution in [2.75, 3.05) is 5.75 Å². The van der Waals surface area contributed by atoms with E-state index in [1.165, 1.54) is 22.9 Å². The van der Waals surface area contributed by atoms with Crippen LogP contribution < -0.4 is 5.32 Å². The van der Waals surface area contributed by atoms with Crippen LogP contribution in [0.25, 0.3) is 11.4 Å². The summed E-state index contributed by atoms with van der Waals surface area (Å²) in [6.07, 6.45) is 0. The lowest BCUT2D eigenvalue weighted by molar-refractivity contribution is -0.119. The number of benzene rings is 2. The van der Waals surface area contributed by atoms with Crippen LogP contribution in [0.15, 0.2) is 53.7 Å². The molecule has 0 fully saturated rings. The summed E-state index contributed by atoms with van der Waals surface area (Å²) in [5.74, 6) is 1.08. The summed E-state index contributed by atoms with van der Waals surface area (Å²) in [6.45, 7) is 10.7. The highest BCUT2D eigenvalue weighted by Gasteiger charge is 2.17. The molecule has 3 aromatic rings. The van der Waals surface area contributed by atoms with Crippen LogP contribution in [0.5, 0.6) is 0 Å². The minimum atomic E-state index is -0.0318. The van der Waals surface area contributed by atoms with Crippen LogP contribution in [0.3, 0.4) is 0 Å². The number of amides is 1. The molecule has 0 radical (unpaired) electrons. The van der Waals surface area contributed by atoms with Crippen molar-refractivity contribution in [2.24, 2.45) is 7.05 Å². The van der Waals surface area contributed by atoms with Crippen LogP contribution in [-0.4, -0.2) is 26.4 Å². The van der Waals surface area contributed by atoms with Crippen LogP contribution >= 0.6 is 11.8 Å². The van der Waals surface area contributed by atoms with Gasteiger partial charge in [-0.3, -0.25) is 4.79 Å². The summed E-state index contributed by atoms with van der Waals surface area (Å²) in [4.78, 5) is 12.4. The quantitative estimate of drug-likeness (QED) is 0.564. The summed E-state index contributed by atoms with van der Waals surface area (Å²) < 4.78 is 1.94. The zero-order chi connectivity index (χ0) is 21.9. The minimum absolute atomic E-state index is 0.0187. The lowest BCUT2D eigenvalue weighted by Gasteiger charge is -2.19. The number of nitrogens with zero attached hydrogens (tertiary/aromatic N) is 3. The highest BCUT2D eigenvalue weighted by molar-refractivity contribution is 7.99. The molecule has 1 N–H and O–H groups in total. The monoisotopic (exact) mass is 422 g/mol. The maximum atomic E-state index is 12.4. The van der Waals surface area contributed by atoms with E-state index >= 15 is 0 Å². The summed E-state index contributed by atoms with van der Waals surface area (Å²) >= 11 is 1.40. The second-order valence-corrected chi connectivity index (χ2v) is 9.57. The molecule has 0 aliphatic rings. The largest absolute Gasteiger partial charge is 0.349 e. The molecule has 0 saturated heterocycles. The number of carbonyl (C=O) groups is 1. The molecule has 1 heterocycles. The van der Waals surface area contributed by atoms with Crippen molar-refractivity contribution in [3.63, 3.8) is 0 Å². The Bertz CT molecular complexity index is 1020. The highest BCUT2D eigenvalue weighted by atomic mass is 32.2. The van der Waals surface area contributed by atoms with Crippen molar-refractivity contribution in [1.29, 1.82) is 0 Å². The number of hydrogen-bond donors (Lipinski definition) is 1. The predicted molar refractivity (Wildman–Crippen MR) is 124 cm³/mol. The number of rotatable bonds is 6. The molecule has 6 heteroatoms. The van der Waals surface area contributed by atoms with E-state index in [4.69, 9.17) is 0 Å². The van der Waals surface area contributed by atoms with Gasteiger partial charge in [0.15, 0.2) is 11.0 Å². The number of nitrogens with one attached hydrogen (secondary N) is 1. The summed E-state index contributed by atoms with van der Waals surface area (Å²) in [6, 6.07) is 16.5. The molecule has 0 saturated carbocycles. The van der Waals surface area contributed by atoms with Gasteiger partial charge in [0.25, 0.3) is 0 Å².